The van der Waals surface area contributed by atoms with Gasteiger partial charge in [0.15, 0.2) is 0 Å². The fraction of sp³-hybridized carbons (Fsp3) is 0.0455. The van der Waals surface area contributed by atoms with Crippen LogP contribution in [0.2, 0.25) is 0 Å². The van der Waals surface area contributed by atoms with Crippen LogP contribution in [0.3, 0.4) is 0 Å². The zero-order valence-corrected chi connectivity index (χ0v) is 27.7. The number of aromatic hydroxyl groups is 4. The van der Waals surface area contributed by atoms with E-state index in [0.29, 0.717) is 39.3 Å². The number of nitrogens with zero attached hydrogens (tertiary/aromatic N) is 2. The van der Waals surface area contributed by atoms with Crippen LogP contribution in [0.5, 0.6) is 23.0 Å². The molecular weight excluding hydrogens is 649 g/mol. The Morgan fingerprint density at radius 1 is 0.500 bits per heavy atom. The van der Waals surface area contributed by atoms with Crippen LogP contribution in [-0.2, 0) is 11.0 Å². The average Bonchev–Trinajstić information content (AvgIpc) is 3.92. The number of aromatic nitrogens is 1. The maximum atomic E-state index is 11.2. The number of hydrogen-bond acceptors (Lipinski definition) is 7. The molecule has 8 heteroatoms. The summed E-state index contributed by atoms with van der Waals surface area (Å²) in [4.78, 5) is 13.5. The molecule has 0 amide bonds. The SMILES string of the molecule is Oc1cccc(C2=C3C=C4C=CC(=N4)C=c4ccc([nH]4)=CC4=NC(=CC(c5cccc(O)c5)(N3)C2(c2cccc(O)c2)c2cccc(O)c2)C=C4)c1. The Labute approximate surface area is 298 Å². The Kier molecular flexibility index (Phi) is 7.01. The summed E-state index contributed by atoms with van der Waals surface area (Å²) < 4.78 is 0. The molecule has 5 heterocycles. The maximum absolute atomic E-state index is 11.2. The minimum Gasteiger partial charge on any atom is -0.508 e. The highest BCUT2D eigenvalue weighted by Crippen LogP contribution is 2.62. The summed E-state index contributed by atoms with van der Waals surface area (Å²) in [5.74, 6) is 0.198. The van der Waals surface area contributed by atoms with Gasteiger partial charge in [0.1, 0.15) is 28.5 Å². The Morgan fingerprint density at radius 3 is 1.62 bits per heavy atom. The predicted molar refractivity (Wildman–Crippen MR) is 203 cm³/mol. The van der Waals surface area contributed by atoms with Gasteiger partial charge in [-0.15, -0.1) is 0 Å². The molecule has 0 radical (unpaired) electrons. The normalized spacial score (nSPS) is 19.6. The molecule has 52 heavy (non-hydrogen) atoms. The molecule has 6 N–H and O–H groups in total. The number of phenolic OH excluding ortho intramolecular Hbond substituents is 4. The zero-order valence-electron chi connectivity index (χ0n) is 27.7. The highest BCUT2D eigenvalue weighted by atomic mass is 16.3. The molecule has 0 spiro atoms. The van der Waals surface area contributed by atoms with Crippen LogP contribution in [-0.4, -0.2) is 36.8 Å². The van der Waals surface area contributed by atoms with E-state index in [4.69, 9.17) is 9.98 Å². The number of H-pyrrole nitrogens is 1. The third-order valence-electron chi connectivity index (χ3n) is 9.92. The lowest BCUT2D eigenvalue weighted by Gasteiger charge is -2.48. The summed E-state index contributed by atoms with van der Waals surface area (Å²) in [6, 6.07) is 32.3. The van der Waals surface area contributed by atoms with E-state index in [1.165, 1.54) is 0 Å². The molecule has 5 aromatic rings. The number of hydrogen-bond donors (Lipinski definition) is 6. The first kappa shape index (κ1) is 31.0. The number of benzene rings is 4. The molecule has 1 atom stereocenters. The van der Waals surface area contributed by atoms with E-state index in [1.807, 2.05) is 85.0 Å². The first-order valence-corrected chi connectivity index (χ1v) is 16.9. The predicted octanol–water partition coefficient (Wildman–Crippen LogP) is 6.10. The van der Waals surface area contributed by atoms with Crippen LogP contribution in [0, 0.1) is 0 Å². The van der Waals surface area contributed by atoms with Crippen LogP contribution in [0.1, 0.15) is 22.3 Å². The standard InChI is InChI=1S/C44H32N4O4/c49-37-9-1-5-27(19-37)42-41-25-35-16-15-33(46-35)23-31-13-14-32(45-31)24-34-17-18-36(47-34)26-43(48-41,28-6-2-10-38(50)20-28)44(42,29-7-3-11-39(51)21-29)30-8-4-12-40(52)22-30/h1-26,45,48-52H. The van der Waals surface area contributed by atoms with Crippen molar-refractivity contribution in [3.8, 4) is 23.0 Å². The van der Waals surface area contributed by atoms with E-state index < -0.39 is 11.0 Å². The number of rotatable bonds is 4. The van der Waals surface area contributed by atoms with Gasteiger partial charge in [-0.2, -0.15) is 0 Å². The van der Waals surface area contributed by atoms with Crippen LogP contribution in [0.4, 0.5) is 0 Å². The second-order valence-corrected chi connectivity index (χ2v) is 13.2. The van der Waals surface area contributed by atoms with Crippen molar-refractivity contribution in [1.29, 1.82) is 0 Å². The van der Waals surface area contributed by atoms with Gasteiger partial charge in [0.2, 0.25) is 0 Å². The van der Waals surface area contributed by atoms with Crippen LogP contribution in [0.15, 0.2) is 173 Å². The molecule has 9 rings (SSSR count). The van der Waals surface area contributed by atoms with Crippen molar-refractivity contribution in [3.63, 3.8) is 0 Å². The maximum Gasteiger partial charge on any atom is 0.116 e. The van der Waals surface area contributed by atoms with Crippen molar-refractivity contribution < 1.29 is 20.4 Å². The second kappa shape index (κ2) is 11.8. The molecule has 8 bridgehead atoms. The van der Waals surface area contributed by atoms with Crippen molar-refractivity contribution in [2.75, 3.05) is 0 Å². The third-order valence-corrected chi connectivity index (χ3v) is 9.92. The van der Waals surface area contributed by atoms with E-state index in [1.54, 1.807) is 72.8 Å². The average molecular weight is 681 g/mol. The monoisotopic (exact) mass is 680 g/mol. The van der Waals surface area contributed by atoms with Gasteiger partial charge in [-0.05, 0) is 132 Å². The van der Waals surface area contributed by atoms with Gasteiger partial charge in [-0.1, -0.05) is 48.5 Å². The lowest BCUT2D eigenvalue weighted by atomic mass is 9.55. The molecule has 0 saturated heterocycles. The molecule has 8 nitrogen and oxygen atoms in total. The molecule has 4 aliphatic heterocycles. The molecule has 4 aliphatic rings. The first-order chi connectivity index (χ1) is 25.3. The number of allylic oxidation sites excluding steroid dienone is 5. The number of aliphatic imine (C=N–C) groups is 2. The Hall–Kier alpha value is -7.06. The van der Waals surface area contributed by atoms with E-state index in [0.717, 1.165) is 27.7 Å². The van der Waals surface area contributed by atoms with E-state index >= 15 is 0 Å². The minimum absolute atomic E-state index is 0.0410. The Bertz CT molecular complexity index is 2630. The Balaban J connectivity index is 1.52. The fourth-order valence-corrected chi connectivity index (χ4v) is 7.96. The van der Waals surface area contributed by atoms with Crippen molar-refractivity contribution in [3.05, 3.63) is 196 Å². The summed E-state index contributed by atoms with van der Waals surface area (Å²) >= 11 is 0. The number of fused-ring (bicyclic) bond motifs is 6. The van der Waals surface area contributed by atoms with Gasteiger partial charge in [0.05, 0.1) is 28.2 Å². The smallest absolute Gasteiger partial charge is 0.116 e. The first-order valence-electron chi connectivity index (χ1n) is 16.9. The van der Waals surface area contributed by atoms with Crippen molar-refractivity contribution in [1.82, 2.24) is 10.3 Å². The molecule has 1 unspecified atom stereocenters. The number of phenols is 4. The molecule has 252 valence electrons. The topological polar surface area (TPSA) is 133 Å². The summed E-state index contributed by atoms with van der Waals surface area (Å²) in [6.45, 7) is 0. The fourth-order valence-electron chi connectivity index (χ4n) is 7.96. The summed E-state index contributed by atoms with van der Waals surface area (Å²) in [6.07, 6.45) is 15.8. The van der Waals surface area contributed by atoms with Crippen LogP contribution >= 0.6 is 0 Å². The zero-order chi connectivity index (χ0) is 35.5. The summed E-state index contributed by atoms with van der Waals surface area (Å²) in [5.41, 5.74) is 4.28. The summed E-state index contributed by atoms with van der Waals surface area (Å²) in [5, 5.41) is 50.2. The van der Waals surface area contributed by atoms with Gasteiger partial charge in [-0.3, -0.25) is 0 Å². The van der Waals surface area contributed by atoms with E-state index in [2.05, 4.69) is 10.3 Å². The lowest BCUT2D eigenvalue weighted by molar-refractivity contribution is 0.367. The molecular formula is C44H32N4O4. The third kappa shape index (κ3) is 5.00. The van der Waals surface area contributed by atoms with E-state index in [-0.39, 0.29) is 23.0 Å². The number of aromatic amines is 1. The van der Waals surface area contributed by atoms with Gasteiger partial charge >= 0.3 is 0 Å². The van der Waals surface area contributed by atoms with Gasteiger partial charge in [0.25, 0.3) is 0 Å². The Morgan fingerprint density at radius 2 is 1.02 bits per heavy atom. The largest absolute Gasteiger partial charge is 0.508 e. The van der Waals surface area contributed by atoms with Crippen LogP contribution in [0.25, 0.3) is 17.7 Å². The minimum atomic E-state index is -1.32. The van der Waals surface area contributed by atoms with Gasteiger partial charge in [-0.25, -0.2) is 9.98 Å². The van der Waals surface area contributed by atoms with Gasteiger partial charge in [0, 0.05) is 22.0 Å². The van der Waals surface area contributed by atoms with Crippen molar-refractivity contribution in [2.24, 2.45) is 9.98 Å². The van der Waals surface area contributed by atoms with Gasteiger partial charge < -0.3 is 30.7 Å². The molecule has 4 aromatic carbocycles. The molecule has 1 aromatic heterocycles. The molecule has 0 fully saturated rings. The van der Waals surface area contributed by atoms with Crippen molar-refractivity contribution >= 4 is 29.1 Å². The second-order valence-electron chi connectivity index (χ2n) is 13.2. The molecule has 0 aliphatic carbocycles. The highest BCUT2D eigenvalue weighted by molar-refractivity contribution is 6.20. The lowest BCUT2D eigenvalue weighted by Crippen LogP contribution is -2.53. The number of nitrogens with one attached hydrogen (secondary N) is 2. The van der Waals surface area contributed by atoms with Crippen LogP contribution < -0.4 is 16.0 Å². The highest BCUT2D eigenvalue weighted by Gasteiger charge is 2.61. The molecule has 0 saturated carbocycles. The van der Waals surface area contributed by atoms with E-state index in [9.17, 15) is 20.4 Å². The summed E-state index contributed by atoms with van der Waals surface area (Å²) in [7, 11) is 0. The van der Waals surface area contributed by atoms with Crippen molar-refractivity contribution in [2.45, 2.75) is 11.0 Å². The quantitative estimate of drug-likeness (QED) is 0.137.